The fourth-order valence-corrected chi connectivity index (χ4v) is 4.80. The maximum absolute atomic E-state index is 10.7. The van der Waals surface area contributed by atoms with Crippen LogP contribution in [0.5, 0.6) is 5.75 Å². The number of hydrogen-bond acceptors (Lipinski definition) is 3. The zero-order valence-electron chi connectivity index (χ0n) is 17.5. The normalized spacial score (nSPS) is 22.0. The third-order valence-corrected chi connectivity index (χ3v) is 6.59. The van der Waals surface area contributed by atoms with Crippen LogP contribution in [-0.2, 0) is 11.2 Å². The third-order valence-electron chi connectivity index (χ3n) is 6.05. The Kier molecular flexibility index (Phi) is 8.17. The lowest BCUT2D eigenvalue weighted by Crippen LogP contribution is -2.17. The number of benzene rings is 2. The van der Waals surface area contributed by atoms with Gasteiger partial charge in [0.2, 0.25) is 0 Å². The van der Waals surface area contributed by atoms with Crippen molar-refractivity contribution in [2.45, 2.75) is 62.8 Å². The fraction of sp³-hybridized carbons (Fsp3) is 0.480. The highest BCUT2D eigenvalue weighted by Gasteiger charge is 2.35. The third kappa shape index (κ3) is 5.99. The minimum absolute atomic E-state index is 0.105. The fourth-order valence-electron chi connectivity index (χ4n) is 4.41. The molecule has 162 valence electrons. The molecule has 1 aliphatic rings. The molecule has 1 saturated carbocycles. The van der Waals surface area contributed by atoms with Crippen molar-refractivity contribution in [3.63, 3.8) is 0 Å². The Bertz CT molecular complexity index is 820. The van der Waals surface area contributed by atoms with Crippen LogP contribution in [0.2, 0.25) is 0 Å². The maximum atomic E-state index is 10.7. The van der Waals surface area contributed by atoms with Crippen molar-refractivity contribution in [1.29, 1.82) is 0 Å². The first-order chi connectivity index (χ1) is 14.5. The standard InChI is InChI=1S/C25H31ClO4/c1-2-3-7-24(27)19-10-8-18(9-11-19)21-12-13-23(26)22(21)15-17-5-4-6-20(14-17)30-16-25(28)29/h4-6,8-11,14,21-24,27H,2-3,7,12-13,15-16H2,1H3,(H,28,29). The number of halogens is 1. The second-order valence-electron chi connectivity index (χ2n) is 8.22. The molecular weight excluding hydrogens is 400 g/mol. The summed E-state index contributed by atoms with van der Waals surface area (Å²) in [7, 11) is 0. The van der Waals surface area contributed by atoms with E-state index in [1.807, 2.05) is 18.2 Å². The van der Waals surface area contributed by atoms with Crippen LogP contribution in [0.1, 0.15) is 67.7 Å². The molecular formula is C25H31ClO4. The minimum atomic E-state index is -0.986. The predicted octanol–water partition coefficient (Wildman–Crippen LogP) is 5.72. The van der Waals surface area contributed by atoms with Crippen LogP contribution in [0.4, 0.5) is 0 Å². The summed E-state index contributed by atoms with van der Waals surface area (Å²) < 4.78 is 5.32. The minimum Gasteiger partial charge on any atom is -0.482 e. The molecule has 2 aromatic rings. The predicted molar refractivity (Wildman–Crippen MR) is 119 cm³/mol. The van der Waals surface area contributed by atoms with E-state index < -0.39 is 12.1 Å². The van der Waals surface area contributed by atoms with Crippen LogP contribution in [0, 0.1) is 5.92 Å². The molecule has 4 unspecified atom stereocenters. The summed E-state index contributed by atoms with van der Waals surface area (Å²) in [5.74, 6) is 0.261. The highest BCUT2D eigenvalue weighted by atomic mass is 35.5. The van der Waals surface area contributed by atoms with Gasteiger partial charge in [0.25, 0.3) is 0 Å². The molecule has 30 heavy (non-hydrogen) atoms. The van der Waals surface area contributed by atoms with Crippen LogP contribution in [0.15, 0.2) is 48.5 Å². The summed E-state index contributed by atoms with van der Waals surface area (Å²) in [6.45, 7) is 1.79. The topological polar surface area (TPSA) is 66.8 Å². The molecule has 0 spiro atoms. The highest BCUT2D eigenvalue weighted by molar-refractivity contribution is 6.21. The number of rotatable bonds is 10. The van der Waals surface area contributed by atoms with Crippen LogP contribution in [0.3, 0.4) is 0 Å². The number of unbranched alkanes of at least 4 members (excludes halogenated alkanes) is 1. The van der Waals surface area contributed by atoms with Gasteiger partial charge in [-0.15, -0.1) is 11.6 Å². The van der Waals surface area contributed by atoms with E-state index in [2.05, 4.69) is 31.2 Å². The first-order valence-corrected chi connectivity index (χ1v) is 11.3. The van der Waals surface area contributed by atoms with Gasteiger partial charge in [-0.05, 0) is 66.3 Å². The van der Waals surface area contributed by atoms with Crippen molar-refractivity contribution >= 4 is 17.6 Å². The Morgan fingerprint density at radius 2 is 1.97 bits per heavy atom. The van der Waals surface area contributed by atoms with E-state index >= 15 is 0 Å². The van der Waals surface area contributed by atoms with Crippen molar-refractivity contribution < 1.29 is 19.7 Å². The largest absolute Gasteiger partial charge is 0.482 e. The summed E-state index contributed by atoms with van der Waals surface area (Å²) in [4.78, 5) is 10.7. The summed E-state index contributed by atoms with van der Waals surface area (Å²) in [5, 5.41) is 19.2. The molecule has 4 atom stereocenters. The van der Waals surface area contributed by atoms with Gasteiger partial charge in [-0.2, -0.15) is 0 Å². The smallest absolute Gasteiger partial charge is 0.341 e. The zero-order chi connectivity index (χ0) is 21.5. The van der Waals surface area contributed by atoms with Crippen LogP contribution in [0.25, 0.3) is 0 Å². The molecule has 0 saturated heterocycles. The van der Waals surface area contributed by atoms with Gasteiger partial charge in [0, 0.05) is 5.38 Å². The zero-order valence-corrected chi connectivity index (χ0v) is 18.2. The molecule has 3 rings (SSSR count). The summed E-state index contributed by atoms with van der Waals surface area (Å²) in [6, 6.07) is 16.0. The van der Waals surface area contributed by atoms with Gasteiger partial charge in [0.1, 0.15) is 5.75 Å². The average molecular weight is 431 g/mol. The average Bonchev–Trinajstić information content (AvgIpc) is 3.11. The van der Waals surface area contributed by atoms with Gasteiger partial charge in [-0.25, -0.2) is 4.79 Å². The number of aliphatic carboxylic acids is 1. The first kappa shape index (κ1) is 22.6. The Labute approximate surface area is 183 Å². The van der Waals surface area contributed by atoms with Crippen LogP contribution in [-0.4, -0.2) is 28.2 Å². The maximum Gasteiger partial charge on any atom is 0.341 e. The molecule has 5 heteroatoms. The number of aliphatic hydroxyl groups is 1. The van der Waals surface area contributed by atoms with Gasteiger partial charge >= 0.3 is 5.97 Å². The van der Waals surface area contributed by atoms with Crippen LogP contribution < -0.4 is 4.74 Å². The summed E-state index contributed by atoms with van der Waals surface area (Å²) >= 11 is 6.71. The Hall–Kier alpha value is -2.04. The number of aliphatic hydroxyl groups excluding tert-OH is 1. The molecule has 2 aromatic carbocycles. The molecule has 1 aliphatic carbocycles. The second-order valence-corrected chi connectivity index (χ2v) is 8.78. The molecule has 2 N–H and O–H groups in total. The lowest BCUT2D eigenvalue weighted by Gasteiger charge is -2.23. The molecule has 4 nitrogen and oxygen atoms in total. The number of alkyl halides is 1. The molecule has 0 radical (unpaired) electrons. The van der Waals surface area contributed by atoms with Gasteiger partial charge in [0.15, 0.2) is 6.61 Å². The van der Waals surface area contributed by atoms with E-state index in [-0.39, 0.29) is 12.0 Å². The monoisotopic (exact) mass is 430 g/mol. The Morgan fingerprint density at radius 1 is 1.20 bits per heavy atom. The van der Waals surface area contributed by atoms with E-state index in [0.29, 0.717) is 17.6 Å². The number of hydrogen-bond donors (Lipinski definition) is 2. The SMILES string of the molecule is CCCCC(O)c1ccc(C2CCC(Cl)C2Cc2cccc(OCC(=O)O)c2)cc1. The van der Waals surface area contributed by atoms with Crippen molar-refractivity contribution in [2.75, 3.05) is 6.61 Å². The van der Waals surface area contributed by atoms with Crippen molar-refractivity contribution in [1.82, 2.24) is 0 Å². The number of carbonyl (C=O) groups is 1. The first-order valence-electron chi connectivity index (χ1n) is 10.8. The Morgan fingerprint density at radius 3 is 2.67 bits per heavy atom. The van der Waals surface area contributed by atoms with E-state index in [9.17, 15) is 9.90 Å². The lowest BCUT2D eigenvalue weighted by atomic mass is 9.84. The van der Waals surface area contributed by atoms with Crippen molar-refractivity contribution in [2.24, 2.45) is 5.92 Å². The summed E-state index contributed by atoms with van der Waals surface area (Å²) in [6.07, 6.45) is 5.36. The summed E-state index contributed by atoms with van der Waals surface area (Å²) in [5.41, 5.74) is 3.35. The second kappa shape index (κ2) is 10.8. The van der Waals surface area contributed by atoms with Crippen LogP contribution >= 0.6 is 11.6 Å². The Balaban J connectivity index is 1.69. The molecule has 0 amide bonds. The number of ether oxygens (including phenoxy) is 1. The quantitative estimate of drug-likeness (QED) is 0.473. The molecule has 0 bridgehead atoms. The molecule has 0 aromatic heterocycles. The van der Waals surface area contributed by atoms with Gasteiger partial charge in [0.05, 0.1) is 6.10 Å². The number of carboxylic acids is 1. The van der Waals surface area contributed by atoms with Crippen molar-refractivity contribution in [3.8, 4) is 5.75 Å². The highest BCUT2D eigenvalue weighted by Crippen LogP contribution is 2.44. The molecule has 0 aliphatic heterocycles. The van der Waals surface area contributed by atoms with Crippen molar-refractivity contribution in [3.05, 3.63) is 65.2 Å². The van der Waals surface area contributed by atoms with Gasteiger partial charge < -0.3 is 14.9 Å². The number of carboxylic acid groups (broad SMARTS) is 1. The lowest BCUT2D eigenvalue weighted by molar-refractivity contribution is -0.139. The molecule has 0 heterocycles. The van der Waals surface area contributed by atoms with E-state index in [4.69, 9.17) is 21.4 Å². The van der Waals surface area contributed by atoms with E-state index in [1.165, 1.54) is 5.56 Å². The van der Waals surface area contributed by atoms with E-state index in [0.717, 1.165) is 49.7 Å². The van der Waals surface area contributed by atoms with E-state index in [1.54, 1.807) is 6.07 Å². The van der Waals surface area contributed by atoms with Gasteiger partial charge in [-0.3, -0.25) is 0 Å². The molecule has 1 fully saturated rings. The van der Waals surface area contributed by atoms with Gasteiger partial charge in [-0.1, -0.05) is 56.2 Å².